The van der Waals surface area contributed by atoms with Gasteiger partial charge in [0.2, 0.25) is 0 Å². The SMILES string of the molecule is C=C(CCCCC)CC(CCCCC)NC. The number of hydrogen-bond acceptors (Lipinski definition) is 1. The lowest BCUT2D eigenvalue weighted by Crippen LogP contribution is -2.25. The Morgan fingerprint density at radius 3 is 2.25 bits per heavy atom. The molecule has 0 aromatic carbocycles. The maximum atomic E-state index is 4.20. The molecular weight excluding hydrogens is 194 g/mol. The van der Waals surface area contributed by atoms with Crippen molar-refractivity contribution in [1.82, 2.24) is 5.32 Å². The molecule has 0 amide bonds. The maximum Gasteiger partial charge on any atom is 0.0101 e. The van der Waals surface area contributed by atoms with E-state index in [-0.39, 0.29) is 0 Å². The lowest BCUT2D eigenvalue weighted by molar-refractivity contribution is 0.482. The zero-order chi connectivity index (χ0) is 12.2. The van der Waals surface area contributed by atoms with Crippen LogP contribution in [0, 0.1) is 0 Å². The van der Waals surface area contributed by atoms with Gasteiger partial charge in [0.05, 0.1) is 0 Å². The van der Waals surface area contributed by atoms with Crippen LogP contribution < -0.4 is 5.32 Å². The Morgan fingerprint density at radius 1 is 1.06 bits per heavy atom. The molecule has 0 saturated carbocycles. The first kappa shape index (κ1) is 15.7. The molecule has 1 N–H and O–H groups in total. The van der Waals surface area contributed by atoms with Crippen LogP contribution in [0.1, 0.15) is 71.6 Å². The van der Waals surface area contributed by atoms with E-state index in [9.17, 15) is 0 Å². The molecular formula is C15H31N. The van der Waals surface area contributed by atoms with Gasteiger partial charge in [0.1, 0.15) is 0 Å². The van der Waals surface area contributed by atoms with Gasteiger partial charge in [0, 0.05) is 6.04 Å². The normalized spacial score (nSPS) is 12.7. The Balaban J connectivity index is 3.61. The predicted molar refractivity (Wildman–Crippen MR) is 74.9 cm³/mol. The monoisotopic (exact) mass is 225 g/mol. The van der Waals surface area contributed by atoms with E-state index in [0.29, 0.717) is 6.04 Å². The molecule has 0 radical (unpaired) electrons. The summed E-state index contributed by atoms with van der Waals surface area (Å²) < 4.78 is 0. The molecule has 1 heteroatoms. The summed E-state index contributed by atoms with van der Waals surface area (Å²) in [5.74, 6) is 0. The number of rotatable bonds is 11. The van der Waals surface area contributed by atoms with Crippen molar-refractivity contribution in [2.45, 2.75) is 77.7 Å². The fourth-order valence-corrected chi connectivity index (χ4v) is 2.06. The summed E-state index contributed by atoms with van der Waals surface area (Å²) in [4.78, 5) is 0. The van der Waals surface area contributed by atoms with E-state index < -0.39 is 0 Å². The molecule has 0 aliphatic rings. The van der Waals surface area contributed by atoms with Gasteiger partial charge < -0.3 is 5.32 Å². The third-order valence-electron chi connectivity index (χ3n) is 3.23. The second kappa shape index (κ2) is 11.2. The average molecular weight is 225 g/mol. The highest BCUT2D eigenvalue weighted by Gasteiger charge is 2.07. The van der Waals surface area contributed by atoms with Crippen LogP contribution in [-0.2, 0) is 0 Å². The lowest BCUT2D eigenvalue weighted by Gasteiger charge is -2.17. The minimum Gasteiger partial charge on any atom is -0.317 e. The van der Waals surface area contributed by atoms with Gasteiger partial charge in [0.25, 0.3) is 0 Å². The molecule has 0 aliphatic heterocycles. The van der Waals surface area contributed by atoms with Gasteiger partial charge in [-0.1, -0.05) is 58.1 Å². The van der Waals surface area contributed by atoms with Crippen LogP contribution in [0.25, 0.3) is 0 Å². The number of nitrogens with one attached hydrogen (secondary N) is 1. The van der Waals surface area contributed by atoms with E-state index in [2.05, 4.69) is 32.8 Å². The summed E-state index contributed by atoms with van der Waals surface area (Å²) >= 11 is 0. The van der Waals surface area contributed by atoms with Gasteiger partial charge in [-0.25, -0.2) is 0 Å². The Labute approximate surface area is 103 Å². The van der Waals surface area contributed by atoms with E-state index in [4.69, 9.17) is 0 Å². The predicted octanol–water partition coefficient (Wildman–Crippen LogP) is 4.68. The van der Waals surface area contributed by atoms with Crippen LogP contribution in [0.5, 0.6) is 0 Å². The third-order valence-corrected chi connectivity index (χ3v) is 3.23. The van der Waals surface area contributed by atoms with Crippen LogP contribution in [0.15, 0.2) is 12.2 Å². The van der Waals surface area contributed by atoms with Crippen LogP contribution >= 0.6 is 0 Å². The van der Waals surface area contributed by atoms with Crippen molar-refractivity contribution in [1.29, 1.82) is 0 Å². The molecule has 1 unspecified atom stereocenters. The van der Waals surface area contributed by atoms with Crippen molar-refractivity contribution >= 4 is 0 Å². The van der Waals surface area contributed by atoms with E-state index >= 15 is 0 Å². The Bertz CT molecular complexity index is 163. The lowest BCUT2D eigenvalue weighted by atomic mass is 9.98. The second-order valence-electron chi connectivity index (χ2n) is 4.89. The van der Waals surface area contributed by atoms with E-state index in [0.717, 1.165) is 0 Å². The summed E-state index contributed by atoms with van der Waals surface area (Å²) in [6.45, 7) is 8.72. The molecule has 0 aliphatic carbocycles. The van der Waals surface area contributed by atoms with Crippen molar-refractivity contribution in [2.24, 2.45) is 0 Å². The highest BCUT2D eigenvalue weighted by molar-refractivity contribution is 4.97. The average Bonchev–Trinajstić information content (AvgIpc) is 2.28. The highest BCUT2D eigenvalue weighted by Crippen LogP contribution is 2.16. The molecule has 0 aromatic heterocycles. The van der Waals surface area contributed by atoms with Crippen LogP contribution in [0.4, 0.5) is 0 Å². The van der Waals surface area contributed by atoms with Crippen molar-refractivity contribution in [3.63, 3.8) is 0 Å². The molecule has 0 saturated heterocycles. The zero-order valence-electron chi connectivity index (χ0n) is 11.6. The standard InChI is InChI=1S/C15H31N/c1-5-7-9-11-14(3)13-15(16-4)12-10-8-6-2/h15-16H,3,5-13H2,1-2,4H3. The molecule has 0 rings (SSSR count). The molecule has 1 atom stereocenters. The first-order valence-electron chi connectivity index (χ1n) is 7.08. The highest BCUT2D eigenvalue weighted by atomic mass is 14.9. The summed E-state index contributed by atoms with van der Waals surface area (Å²) in [6.07, 6.45) is 11.7. The molecule has 0 fully saturated rings. The Kier molecular flexibility index (Phi) is 11.0. The van der Waals surface area contributed by atoms with Gasteiger partial charge >= 0.3 is 0 Å². The molecule has 0 bridgehead atoms. The summed E-state index contributed by atoms with van der Waals surface area (Å²) in [5, 5.41) is 3.42. The first-order valence-corrected chi connectivity index (χ1v) is 7.08. The fraction of sp³-hybridized carbons (Fsp3) is 0.867. The van der Waals surface area contributed by atoms with E-state index in [1.54, 1.807) is 0 Å². The Morgan fingerprint density at radius 2 is 1.69 bits per heavy atom. The topological polar surface area (TPSA) is 12.0 Å². The molecule has 16 heavy (non-hydrogen) atoms. The van der Waals surface area contributed by atoms with E-state index in [1.165, 1.54) is 63.4 Å². The molecule has 0 aromatic rings. The van der Waals surface area contributed by atoms with Crippen LogP contribution in [-0.4, -0.2) is 13.1 Å². The van der Waals surface area contributed by atoms with Crippen molar-refractivity contribution in [3.05, 3.63) is 12.2 Å². The van der Waals surface area contributed by atoms with Gasteiger partial charge in [-0.2, -0.15) is 0 Å². The van der Waals surface area contributed by atoms with Gasteiger partial charge in [0.15, 0.2) is 0 Å². The first-order chi connectivity index (χ1) is 7.74. The quantitative estimate of drug-likeness (QED) is 0.397. The fourth-order valence-electron chi connectivity index (χ4n) is 2.06. The maximum absolute atomic E-state index is 4.20. The van der Waals surface area contributed by atoms with Crippen molar-refractivity contribution in [2.75, 3.05) is 7.05 Å². The minimum atomic E-state index is 0.653. The van der Waals surface area contributed by atoms with Crippen molar-refractivity contribution in [3.8, 4) is 0 Å². The van der Waals surface area contributed by atoms with E-state index in [1.807, 2.05) is 0 Å². The molecule has 0 spiro atoms. The number of hydrogen-bond donors (Lipinski definition) is 1. The molecule has 1 nitrogen and oxygen atoms in total. The molecule has 0 heterocycles. The number of unbranched alkanes of at least 4 members (excludes halogenated alkanes) is 4. The summed E-state index contributed by atoms with van der Waals surface area (Å²) in [6, 6.07) is 0.653. The van der Waals surface area contributed by atoms with Gasteiger partial charge in [-0.15, -0.1) is 0 Å². The summed E-state index contributed by atoms with van der Waals surface area (Å²) in [5.41, 5.74) is 1.43. The third kappa shape index (κ3) is 8.96. The van der Waals surface area contributed by atoms with Gasteiger partial charge in [-0.3, -0.25) is 0 Å². The van der Waals surface area contributed by atoms with Gasteiger partial charge in [-0.05, 0) is 32.7 Å². The van der Waals surface area contributed by atoms with Crippen molar-refractivity contribution < 1.29 is 0 Å². The smallest absolute Gasteiger partial charge is 0.0101 e. The largest absolute Gasteiger partial charge is 0.317 e. The molecule has 96 valence electrons. The summed E-state index contributed by atoms with van der Waals surface area (Å²) in [7, 11) is 2.08. The minimum absolute atomic E-state index is 0.653. The second-order valence-corrected chi connectivity index (χ2v) is 4.89. The Hall–Kier alpha value is -0.300. The zero-order valence-corrected chi connectivity index (χ0v) is 11.6. The van der Waals surface area contributed by atoms with Crippen LogP contribution in [0.2, 0.25) is 0 Å². The van der Waals surface area contributed by atoms with Crippen LogP contribution in [0.3, 0.4) is 0 Å².